The first kappa shape index (κ1) is 17.3. The molecule has 0 bridgehead atoms. The van der Waals surface area contributed by atoms with E-state index in [0.717, 1.165) is 17.0 Å². The maximum Gasteiger partial charge on any atom is 0.417 e. The molecule has 1 aliphatic rings. The first-order valence-electron chi connectivity index (χ1n) is 7.21. The van der Waals surface area contributed by atoms with Crippen LogP contribution in [0.25, 0.3) is 0 Å². The topological polar surface area (TPSA) is 52.7 Å². The smallest absolute Gasteiger partial charge is 0.339 e. The number of carbonyl (C=O) groups is 2. The second kappa shape index (κ2) is 6.99. The SMILES string of the molecule is CN(CC(=O)N1CCNCC1)C(=O)c1ccccc1C(F)(F)F. The van der Waals surface area contributed by atoms with Gasteiger partial charge in [0.1, 0.15) is 0 Å². The Morgan fingerprint density at radius 3 is 2.43 bits per heavy atom. The largest absolute Gasteiger partial charge is 0.417 e. The predicted molar refractivity (Wildman–Crippen MR) is 77.9 cm³/mol. The van der Waals surface area contributed by atoms with Crippen LogP contribution in [-0.4, -0.2) is 61.4 Å². The Kier molecular flexibility index (Phi) is 5.25. The number of rotatable bonds is 3. The number of piperazine rings is 1. The molecule has 5 nitrogen and oxygen atoms in total. The van der Waals surface area contributed by atoms with E-state index in [0.29, 0.717) is 26.2 Å². The van der Waals surface area contributed by atoms with E-state index in [4.69, 9.17) is 0 Å². The van der Waals surface area contributed by atoms with Crippen LogP contribution in [0.1, 0.15) is 15.9 Å². The summed E-state index contributed by atoms with van der Waals surface area (Å²) in [6.07, 6.45) is -4.62. The van der Waals surface area contributed by atoms with Crippen molar-refractivity contribution < 1.29 is 22.8 Å². The molecule has 2 amide bonds. The quantitative estimate of drug-likeness (QED) is 0.907. The molecule has 1 saturated heterocycles. The van der Waals surface area contributed by atoms with Crippen molar-refractivity contribution in [1.82, 2.24) is 15.1 Å². The lowest BCUT2D eigenvalue weighted by atomic mass is 10.1. The van der Waals surface area contributed by atoms with Crippen LogP contribution in [0, 0.1) is 0 Å². The molecule has 1 N–H and O–H groups in total. The number of benzene rings is 1. The highest BCUT2D eigenvalue weighted by atomic mass is 19.4. The molecule has 0 aliphatic carbocycles. The van der Waals surface area contributed by atoms with Crippen LogP contribution in [0.2, 0.25) is 0 Å². The van der Waals surface area contributed by atoms with E-state index in [9.17, 15) is 22.8 Å². The summed E-state index contributed by atoms with van der Waals surface area (Å²) in [7, 11) is 1.33. The van der Waals surface area contributed by atoms with Crippen molar-refractivity contribution in [3.8, 4) is 0 Å². The maximum atomic E-state index is 13.0. The zero-order chi connectivity index (χ0) is 17.0. The van der Waals surface area contributed by atoms with Crippen LogP contribution in [0.4, 0.5) is 13.2 Å². The van der Waals surface area contributed by atoms with Gasteiger partial charge in [-0.15, -0.1) is 0 Å². The lowest BCUT2D eigenvalue weighted by Gasteiger charge is -2.29. The number of amides is 2. The van der Waals surface area contributed by atoms with Crippen molar-refractivity contribution in [3.05, 3.63) is 35.4 Å². The lowest BCUT2D eigenvalue weighted by molar-refractivity contribution is -0.138. The Labute approximate surface area is 132 Å². The van der Waals surface area contributed by atoms with Crippen LogP contribution in [0.5, 0.6) is 0 Å². The molecule has 1 aliphatic heterocycles. The molecule has 1 fully saturated rings. The van der Waals surface area contributed by atoms with Crippen LogP contribution in [0.3, 0.4) is 0 Å². The molecule has 0 saturated carbocycles. The number of hydrogen-bond acceptors (Lipinski definition) is 3. The molecular formula is C15H18F3N3O2. The van der Waals surface area contributed by atoms with Gasteiger partial charge in [0.05, 0.1) is 17.7 Å². The monoisotopic (exact) mass is 329 g/mol. The van der Waals surface area contributed by atoms with Crippen molar-refractivity contribution in [3.63, 3.8) is 0 Å². The van der Waals surface area contributed by atoms with Crippen LogP contribution >= 0.6 is 0 Å². The number of carbonyl (C=O) groups excluding carboxylic acids is 2. The first-order valence-corrected chi connectivity index (χ1v) is 7.21. The van der Waals surface area contributed by atoms with Gasteiger partial charge < -0.3 is 15.1 Å². The zero-order valence-electron chi connectivity index (χ0n) is 12.7. The van der Waals surface area contributed by atoms with Gasteiger partial charge in [0.15, 0.2) is 0 Å². The molecule has 0 radical (unpaired) electrons. The van der Waals surface area contributed by atoms with Crippen LogP contribution < -0.4 is 5.32 Å². The van der Waals surface area contributed by atoms with E-state index >= 15 is 0 Å². The van der Waals surface area contributed by atoms with Gasteiger partial charge in [0, 0.05) is 33.2 Å². The highest BCUT2D eigenvalue weighted by Crippen LogP contribution is 2.32. The maximum absolute atomic E-state index is 13.0. The minimum Gasteiger partial charge on any atom is -0.339 e. The van der Waals surface area contributed by atoms with Gasteiger partial charge in [-0.05, 0) is 12.1 Å². The second-order valence-corrected chi connectivity index (χ2v) is 5.34. The molecule has 126 valence electrons. The lowest BCUT2D eigenvalue weighted by Crippen LogP contribution is -2.49. The summed E-state index contributed by atoms with van der Waals surface area (Å²) >= 11 is 0. The van der Waals surface area contributed by atoms with Gasteiger partial charge in [-0.25, -0.2) is 0 Å². The molecule has 8 heteroatoms. The van der Waals surface area contributed by atoms with Gasteiger partial charge in [-0.3, -0.25) is 9.59 Å². The Hall–Kier alpha value is -2.09. The van der Waals surface area contributed by atoms with Gasteiger partial charge in [-0.1, -0.05) is 12.1 Å². The molecule has 0 atom stereocenters. The molecule has 1 aromatic rings. The molecule has 1 aromatic carbocycles. The van der Waals surface area contributed by atoms with E-state index in [2.05, 4.69) is 5.32 Å². The molecule has 1 heterocycles. The van der Waals surface area contributed by atoms with Gasteiger partial charge in [0.2, 0.25) is 5.91 Å². The Balaban J connectivity index is 2.09. The van der Waals surface area contributed by atoms with Crippen LogP contribution in [-0.2, 0) is 11.0 Å². The standard InChI is InChI=1S/C15H18F3N3O2/c1-20(10-13(22)21-8-6-19-7-9-21)14(23)11-4-2-3-5-12(11)15(16,17)18/h2-5,19H,6-10H2,1H3. The molecule has 0 spiro atoms. The van der Waals surface area contributed by atoms with Gasteiger partial charge >= 0.3 is 6.18 Å². The summed E-state index contributed by atoms with van der Waals surface area (Å²) in [5.74, 6) is -1.09. The van der Waals surface area contributed by atoms with Gasteiger partial charge in [0.25, 0.3) is 5.91 Å². The molecule has 0 aromatic heterocycles. The number of halogens is 3. The van der Waals surface area contributed by atoms with Crippen molar-refractivity contribution in [1.29, 1.82) is 0 Å². The van der Waals surface area contributed by atoms with E-state index < -0.39 is 23.2 Å². The number of nitrogens with one attached hydrogen (secondary N) is 1. The zero-order valence-corrected chi connectivity index (χ0v) is 12.7. The normalized spacial score (nSPS) is 15.4. The van der Waals surface area contributed by atoms with Crippen molar-refractivity contribution in [2.75, 3.05) is 39.8 Å². The van der Waals surface area contributed by atoms with Crippen molar-refractivity contribution >= 4 is 11.8 Å². The summed E-state index contributed by atoms with van der Waals surface area (Å²) < 4.78 is 38.9. The Morgan fingerprint density at radius 2 is 1.83 bits per heavy atom. The fraction of sp³-hybridized carbons (Fsp3) is 0.467. The second-order valence-electron chi connectivity index (χ2n) is 5.34. The fourth-order valence-corrected chi connectivity index (χ4v) is 2.41. The number of alkyl halides is 3. The molecule has 0 unspecified atom stereocenters. The summed E-state index contributed by atoms with van der Waals surface area (Å²) in [6.45, 7) is 2.14. The minimum absolute atomic E-state index is 0.245. The number of likely N-dealkylation sites (N-methyl/N-ethyl adjacent to an activating group) is 1. The summed E-state index contributed by atoms with van der Waals surface area (Å²) in [4.78, 5) is 27.0. The molecule has 2 rings (SSSR count). The van der Waals surface area contributed by atoms with E-state index in [-0.39, 0.29) is 12.5 Å². The first-order chi connectivity index (χ1) is 10.8. The highest BCUT2D eigenvalue weighted by molar-refractivity contribution is 5.97. The van der Waals surface area contributed by atoms with Crippen molar-refractivity contribution in [2.45, 2.75) is 6.18 Å². The third-order valence-electron chi connectivity index (χ3n) is 3.65. The predicted octanol–water partition coefficient (Wildman–Crippen LogP) is 1.21. The average Bonchev–Trinajstić information content (AvgIpc) is 2.54. The average molecular weight is 329 g/mol. The molecular weight excluding hydrogens is 311 g/mol. The summed E-state index contributed by atoms with van der Waals surface area (Å²) in [5.41, 5.74) is -1.44. The number of hydrogen-bond donors (Lipinski definition) is 1. The highest BCUT2D eigenvalue weighted by Gasteiger charge is 2.35. The van der Waals surface area contributed by atoms with Crippen LogP contribution in [0.15, 0.2) is 24.3 Å². The molecule has 23 heavy (non-hydrogen) atoms. The van der Waals surface area contributed by atoms with E-state index in [1.807, 2.05) is 0 Å². The Bertz CT molecular complexity index is 584. The van der Waals surface area contributed by atoms with E-state index in [1.165, 1.54) is 19.2 Å². The third kappa shape index (κ3) is 4.22. The van der Waals surface area contributed by atoms with Crippen molar-refractivity contribution in [2.24, 2.45) is 0 Å². The Morgan fingerprint density at radius 1 is 1.22 bits per heavy atom. The third-order valence-corrected chi connectivity index (χ3v) is 3.65. The summed E-state index contributed by atoms with van der Waals surface area (Å²) in [5, 5.41) is 3.10. The number of nitrogens with zero attached hydrogens (tertiary/aromatic N) is 2. The minimum atomic E-state index is -4.62. The fourth-order valence-electron chi connectivity index (χ4n) is 2.41. The van der Waals surface area contributed by atoms with Gasteiger partial charge in [-0.2, -0.15) is 13.2 Å². The summed E-state index contributed by atoms with van der Waals surface area (Å²) in [6, 6.07) is 4.58. The van der Waals surface area contributed by atoms with E-state index in [1.54, 1.807) is 4.90 Å².